The molecule has 0 saturated carbocycles. The van der Waals surface area contributed by atoms with Crippen LogP contribution in [0, 0.1) is 0 Å². The smallest absolute Gasteiger partial charge is 0.169 e. The lowest BCUT2D eigenvalue weighted by Crippen LogP contribution is -2.47. The van der Waals surface area contributed by atoms with Crippen LogP contribution in [0.25, 0.3) is 0 Å². The van der Waals surface area contributed by atoms with Gasteiger partial charge in [-0.15, -0.1) is 0 Å². The van der Waals surface area contributed by atoms with Gasteiger partial charge in [0.15, 0.2) is 6.29 Å². The van der Waals surface area contributed by atoms with Crippen molar-refractivity contribution in [2.45, 2.75) is 18.8 Å². The van der Waals surface area contributed by atoms with Gasteiger partial charge in [-0.2, -0.15) is 0 Å². The van der Waals surface area contributed by atoms with Crippen molar-refractivity contribution < 1.29 is 14.6 Å². The summed E-state index contributed by atoms with van der Waals surface area (Å²) in [5.41, 5.74) is -0.741. The zero-order valence-electron chi connectivity index (χ0n) is 10.4. The topological polar surface area (TPSA) is 54.0 Å². The molecule has 0 fully saturated rings. The highest BCUT2D eigenvalue weighted by Crippen LogP contribution is 2.02. The van der Waals surface area contributed by atoms with E-state index in [0.29, 0.717) is 19.6 Å². The van der Waals surface area contributed by atoms with Crippen molar-refractivity contribution in [2.75, 3.05) is 47.9 Å². The number of nitrogens with one attached hydrogen (secondary N) is 1. The third kappa shape index (κ3) is 7.70. The average molecular weight is 220 g/mol. The van der Waals surface area contributed by atoms with Gasteiger partial charge in [-0.25, -0.2) is 0 Å². The zero-order chi connectivity index (χ0) is 11.9. The molecule has 0 aliphatic rings. The Morgan fingerprint density at radius 1 is 1.33 bits per heavy atom. The molecule has 15 heavy (non-hydrogen) atoms. The molecule has 2 N–H and O–H groups in total. The van der Waals surface area contributed by atoms with Crippen LogP contribution in [0.5, 0.6) is 0 Å². The molecule has 5 heteroatoms. The molecule has 0 aromatic heterocycles. The fraction of sp³-hybridized carbons (Fsp3) is 1.00. The Labute approximate surface area is 92.4 Å². The van der Waals surface area contributed by atoms with Crippen LogP contribution < -0.4 is 5.32 Å². The summed E-state index contributed by atoms with van der Waals surface area (Å²) in [7, 11) is 7.05. The Bertz CT molecular complexity index is 159. The Hall–Kier alpha value is -0.200. The minimum atomic E-state index is -0.741. The van der Waals surface area contributed by atoms with E-state index in [1.54, 1.807) is 21.1 Å². The minimum absolute atomic E-state index is 0.264. The van der Waals surface area contributed by atoms with Gasteiger partial charge >= 0.3 is 0 Å². The second-order valence-electron chi connectivity index (χ2n) is 4.27. The largest absolute Gasteiger partial charge is 0.388 e. The highest BCUT2D eigenvalue weighted by atomic mass is 16.7. The van der Waals surface area contributed by atoms with Crippen molar-refractivity contribution in [1.82, 2.24) is 10.2 Å². The van der Waals surface area contributed by atoms with Gasteiger partial charge in [-0.3, -0.25) is 0 Å². The van der Waals surface area contributed by atoms with E-state index in [-0.39, 0.29) is 6.29 Å². The second-order valence-corrected chi connectivity index (χ2v) is 4.27. The van der Waals surface area contributed by atoms with Crippen molar-refractivity contribution >= 4 is 0 Å². The standard InChI is InChI=1S/C10H24N2O3/c1-10(13,8-12(2)3)7-11-6-9(14-4)15-5/h9,11,13H,6-8H2,1-5H3. The van der Waals surface area contributed by atoms with Gasteiger partial charge in [0, 0.05) is 33.9 Å². The zero-order valence-corrected chi connectivity index (χ0v) is 10.4. The lowest BCUT2D eigenvalue weighted by Gasteiger charge is -2.27. The average Bonchev–Trinajstić information content (AvgIpc) is 2.10. The van der Waals surface area contributed by atoms with Crippen molar-refractivity contribution in [2.24, 2.45) is 0 Å². The molecule has 0 radical (unpaired) electrons. The molecule has 0 aliphatic carbocycles. The van der Waals surface area contributed by atoms with E-state index in [1.807, 2.05) is 19.0 Å². The summed E-state index contributed by atoms with van der Waals surface area (Å²) in [5, 5.41) is 13.1. The number of likely N-dealkylation sites (N-methyl/N-ethyl adjacent to an activating group) is 1. The molecular weight excluding hydrogens is 196 g/mol. The van der Waals surface area contributed by atoms with Crippen LogP contribution in [0.2, 0.25) is 0 Å². The Balaban J connectivity index is 3.73. The monoisotopic (exact) mass is 220 g/mol. The maximum atomic E-state index is 9.96. The molecule has 0 bridgehead atoms. The summed E-state index contributed by atoms with van der Waals surface area (Å²) in [4.78, 5) is 1.95. The number of methoxy groups -OCH3 is 2. The number of rotatable bonds is 8. The summed E-state index contributed by atoms with van der Waals surface area (Å²) >= 11 is 0. The highest BCUT2D eigenvalue weighted by molar-refractivity contribution is 4.78. The minimum Gasteiger partial charge on any atom is -0.388 e. The maximum Gasteiger partial charge on any atom is 0.169 e. The van der Waals surface area contributed by atoms with E-state index < -0.39 is 5.60 Å². The first-order valence-electron chi connectivity index (χ1n) is 5.04. The van der Waals surface area contributed by atoms with Crippen LogP contribution in [-0.2, 0) is 9.47 Å². The number of nitrogens with zero attached hydrogens (tertiary/aromatic N) is 1. The molecule has 92 valence electrons. The van der Waals surface area contributed by atoms with Crippen LogP contribution in [-0.4, -0.2) is 69.8 Å². The number of hydrogen-bond donors (Lipinski definition) is 2. The predicted octanol–water partition coefficient (Wildman–Crippen LogP) is -0.492. The Morgan fingerprint density at radius 3 is 2.27 bits per heavy atom. The van der Waals surface area contributed by atoms with Crippen molar-refractivity contribution in [1.29, 1.82) is 0 Å². The third-order valence-corrected chi connectivity index (χ3v) is 2.00. The van der Waals surface area contributed by atoms with E-state index in [0.717, 1.165) is 0 Å². The summed E-state index contributed by atoms with van der Waals surface area (Å²) in [6.07, 6.45) is -0.264. The molecule has 0 saturated heterocycles. The molecule has 0 spiro atoms. The molecular formula is C10H24N2O3. The molecule has 0 aliphatic heterocycles. The van der Waals surface area contributed by atoms with Crippen LogP contribution in [0.3, 0.4) is 0 Å². The molecule has 1 unspecified atom stereocenters. The Morgan fingerprint density at radius 2 is 1.87 bits per heavy atom. The van der Waals surface area contributed by atoms with Crippen molar-refractivity contribution in [3.05, 3.63) is 0 Å². The maximum absolute atomic E-state index is 9.96. The lowest BCUT2D eigenvalue weighted by atomic mass is 10.1. The normalized spacial score (nSPS) is 16.0. The SMILES string of the molecule is COC(CNCC(C)(O)CN(C)C)OC. The quantitative estimate of drug-likeness (QED) is 0.541. The Kier molecular flexibility index (Phi) is 7.04. The van der Waals surface area contributed by atoms with E-state index >= 15 is 0 Å². The van der Waals surface area contributed by atoms with Gasteiger partial charge in [0.2, 0.25) is 0 Å². The highest BCUT2D eigenvalue weighted by Gasteiger charge is 2.21. The van der Waals surface area contributed by atoms with Crippen LogP contribution >= 0.6 is 0 Å². The van der Waals surface area contributed by atoms with Crippen LogP contribution in [0.1, 0.15) is 6.92 Å². The fourth-order valence-electron chi connectivity index (χ4n) is 1.46. The first-order valence-corrected chi connectivity index (χ1v) is 5.04. The van der Waals surface area contributed by atoms with Gasteiger partial charge in [0.1, 0.15) is 0 Å². The predicted molar refractivity (Wildman–Crippen MR) is 59.9 cm³/mol. The molecule has 0 heterocycles. The summed E-state index contributed by atoms with van der Waals surface area (Å²) in [6.45, 7) is 3.49. The van der Waals surface area contributed by atoms with Gasteiger partial charge in [-0.1, -0.05) is 0 Å². The lowest BCUT2D eigenvalue weighted by molar-refractivity contribution is -0.101. The van der Waals surface area contributed by atoms with Gasteiger partial charge in [-0.05, 0) is 21.0 Å². The third-order valence-electron chi connectivity index (χ3n) is 2.00. The van der Waals surface area contributed by atoms with E-state index in [1.165, 1.54) is 0 Å². The first kappa shape index (κ1) is 14.8. The van der Waals surface area contributed by atoms with Gasteiger partial charge < -0.3 is 24.8 Å². The van der Waals surface area contributed by atoms with Crippen LogP contribution in [0.4, 0.5) is 0 Å². The molecule has 1 atom stereocenters. The van der Waals surface area contributed by atoms with Crippen LogP contribution in [0.15, 0.2) is 0 Å². The first-order chi connectivity index (χ1) is 6.91. The second kappa shape index (κ2) is 7.14. The summed E-state index contributed by atoms with van der Waals surface area (Å²) in [5.74, 6) is 0. The molecule has 0 aromatic rings. The molecule has 0 amide bonds. The van der Waals surface area contributed by atoms with E-state index in [2.05, 4.69) is 5.32 Å². The molecule has 0 aromatic carbocycles. The fourth-order valence-corrected chi connectivity index (χ4v) is 1.46. The summed E-state index contributed by atoms with van der Waals surface area (Å²) < 4.78 is 10.0. The summed E-state index contributed by atoms with van der Waals surface area (Å²) in [6, 6.07) is 0. The number of ether oxygens (including phenoxy) is 2. The van der Waals surface area contributed by atoms with Gasteiger partial charge in [0.25, 0.3) is 0 Å². The van der Waals surface area contributed by atoms with Gasteiger partial charge in [0.05, 0.1) is 5.60 Å². The number of hydrogen-bond acceptors (Lipinski definition) is 5. The van der Waals surface area contributed by atoms with E-state index in [9.17, 15) is 5.11 Å². The molecule has 0 rings (SSSR count). The molecule has 5 nitrogen and oxygen atoms in total. The van der Waals surface area contributed by atoms with E-state index in [4.69, 9.17) is 9.47 Å². The van der Waals surface area contributed by atoms with Crippen molar-refractivity contribution in [3.8, 4) is 0 Å². The number of aliphatic hydroxyl groups is 1. The van der Waals surface area contributed by atoms with Crippen molar-refractivity contribution in [3.63, 3.8) is 0 Å².